The van der Waals surface area contributed by atoms with Crippen molar-refractivity contribution in [2.75, 3.05) is 30.7 Å². The first-order chi connectivity index (χ1) is 8.13. The maximum Gasteiger partial charge on any atom is 0.223 e. The third-order valence-corrected chi connectivity index (χ3v) is 3.03. The molecule has 5 nitrogen and oxygen atoms in total. The number of hydrogen-bond donors (Lipinski definition) is 2. The van der Waals surface area contributed by atoms with Crippen LogP contribution in [0.3, 0.4) is 0 Å². The van der Waals surface area contributed by atoms with Crippen molar-refractivity contribution < 1.29 is 0 Å². The molecular weight excluding hydrogens is 238 g/mol. The summed E-state index contributed by atoms with van der Waals surface area (Å²) in [5.74, 6) is 0.891. The monoisotopic (exact) mass is 255 g/mol. The highest BCUT2D eigenvalue weighted by molar-refractivity contribution is 6.29. The first kappa shape index (κ1) is 12.4. The van der Waals surface area contributed by atoms with Crippen molar-refractivity contribution in [3.8, 4) is 0 Å². The van der Waals surface area contributed by atoms with Gasteiger partial charge in [0.15, 0.2) is 0 Å². The summed E-state index contributed by atoms with van der Waals surface area (Å²) in [7, 11) is 0. The third-order valence-electron chi connectivity index (χ3n) is 2.84. The Hall–Kier alpha value is -1.07. The molecule has 1 saturated heterocycles. The molecule has 0 radical (unpaired) electrons. The minimum atomic E-state index is 0.202. The van der Waals surface area contributed by atoms with Gasteiger partial charge in [-0.3, -0.25) is 0 Å². The molecule has 0 aromatic carbocycles. The molecule has 2 rings (SSSR count). The summed E-state index contributed by atoms with van der Waals surface area (Å²) in [4.78, 5) is 10.4. The van der Waals surface area contributed by atoms with Crippen LogP contribution in [0.1, 0.15) is 19.8 Å². The Morgan fingerprint density at radius 1 is 1.47 bits per heavy atom. The Morgan fingerprint density at radius 3 is 2.82 bits per heavy atom. The molecule has 1 aliphatic rings. The van der Waals surface area contributed by atoms with Gasteiger partial charge in [0.1, 0.15) is 11.0 Å². The highest BCUT2D eigenvalue weighted by atomic mass is 35.5. The molecule has 1 aromatic heterocycles. The number of nitrogen functional groups attached to an aromatic ring is 1. The molecule has 0 spiro atoms. The van der Waals surface area contributed by atoms with Gasteiger partial charge >= 0.3 is 0 Å². The van der Waals surface area contributed by atoms with Crippen molar-refractivity contribution in [3.05, 3.63) is 11.2 Å². The van der Waals surface area contributed by atoms with Crippen molar-refractivity contribution >= 4 is 23.4 Å². The SMILES string of the molecule is CC(CN1CCCC1)Nc1cc(Cl)nc(N)n1. The molecule has 0 amide bonds. The van der Waals surface area contributed by atoms with Gasteiger partial charge in [-0.05, 0) is 32.9 Å². The number of aromatic nitrogens is 2. The molecule has 1 aromatic rings. The van der Waals surface area contributed by atoms with E-state index >= 15 is 0 Å². The highest BCUT2D eigenvalue weighted by Gasteiger charge is 2.14. The van der Waals surface area contributed by atoms with E-state index in [0.29, 0.717) is 17.0 Å². The predicted octanol–water partition coefficient (Wildman–Crippen LogP) is 1.61. The summed E-state index contributed by atoms with van der Waals surface area (Å²) in [5, 5.41) is 3.66. The molecule has 1 atom stereocenters. The lowest BCUT2D eigenvalue weighted by Crippen LogP contribution is -2.33. The van der Waals surface area contributed by atoms with Crippen molar-refractivity contribution in [2.45, 2.75) is 25.8 Å². The summed E-state index contributed by atoms with van der Waals surface area (Å²) in [5.41, 5.74) is 5.54. The highest BCUT2D eigenvalue weighted by Crippen LogP contribution is 2.14. The Labute approximate surface area is 106 Å². The number of nitrogens with two attached hydrogens (primary N) is 1. The summed E-state index contributed by atoms with van der Waals surface area (Å²) in [6.07, 6.45) is 2.61. The third kappa shape index (κ3) is 3.71. The number of rotatable bonds is 4. The number of hydrogen-bond acceptors (Lipinski definition) is 5. The molecule has 94 valence electrons. The number of halogens is 1. The van der Waals surface area contributed by atoms with Gasteiger partial charge in [-0.1, -0.05) is 11.6 Å². The second-order valence-corrected chi connectivity index (χ2v) is 4.87. The molecule has 6 heteroatoms. The molecule has 3 N–H and O–H groups in total. The zero-order valence-corrected chi connectivity index (χ0v) is 10.7. The summed E-state index contributed by atoms with van der Waals surface area (Å²) in [6.45, 7) is 5.53. The molecule has 0 saturated carbocycles. The van der Waals surface area contributed by atoms with Crippen molar-refractivity contribution in [2.24, 2.45) is 0 Å². The van der Waals surface area contributed by atoms with E-state index in [1.807, 2.05) is 0 Å². The quantitative estimate of drug-likeness (QED) is 0.800. The van der Waals surface area contributed by atoms with Gasteiger partial charge < -0.3 is 16.0 Å². The normalized spacial score (nSPS) is 18.2. The van der Waals surface area contributed by atoms with Gasteiger partial charge in [0, 0.05) is 18.7 Å². The standard InChI is InChI=1S/C11H18ClN5/c1-8(7-17-4-2-3-5-17)14-10-6-9(12)15-11(13)16-10/h6,8H,2-5,7H2,1H3,(H3,13,14,15,16). The van der Waals surface area contributed by atoms with E-state index in [2.05, 4.69) is 27.1 Å². The molecule has 2 heterocycles. The number of likely N-dealkylation sites (tertiary alicyclic amines) is 1. The van der Waals surface area contributed by atoms with E-state index in [1.54, 1.807) is 6.07 Å². The lowest BCUT2D eigenvalue weighted by Gasteiger charge is -2.21. The fourth-order valence-corrected chi connectivity index (χ4v) is 2.35. The number of nitrogens with zero attached hydrogens (tertiary/aromatic N) is 3. The first-order valence-electron chi connectivity index (χ1n) is 5.92. The maximum atomic E-state index is 5.82. The summed E-state index contributed by atoms with van der Waals surface area (Å²) in [6, 6.07) is 2.01. The zero-order valence-electron chi connectivity index (χ0n) is 9.99. The fraction of sp³-hybridized carbons (Fsp3) is 0.636. The average Bonchev–Trinajstić information content (AvgIpc) is 2.67. The minimum Gasteiger partial charge on any atom is -0.368 e. The van der Waals surface area contributed by atoms with Crippen LogP contribution in [0, 0.1) is 0 Å². The molecular formula is C11H18ClN5. The van der Waals surface area contributed by atoms with E-state index in [0.717, 1.165) is 6.54 Å². The van der Waals surface area contributed by atoms with Crippen LogP contribution in [0.25, 0.3) is 0 Å². The van der Waals surface area contributed by atoms with Crippen molar-refractivity contribution in [1.82, 2.24) is 14.9 Å². The van der Waals surface area contributed by atoms with Gasteiger partial charge in [0.25, 0.3) is 0 Å². The first-order valence-corrected chi connectivity index (χ1v) is 6.30. The fourth-order valence-electron chi connectivity index (χ4n) is 2.16. The number of anilines is 2. The van der Waals surface area contributed by atoms with Crippen LogP contribution in [-0.4, -0.2) is 40.5 Å². The van der Waals surface area contributed by atoms with Gasteiger partial charge in [-0.25, -0.2) is 4.98 Å². The van der Waals surface area contributed by atoms with Crippen molar-refractivity contribution in [3.63, 3.8) is 0 Å². The average molecular weight is 256 g/mol. The lowest BCUT2D eigenvalue weighted by molar-refractivity contribution is 0.327. The second-order valence-electron chi connectivity index (χ2n) is 4.49. The van der Waals surface area contributed by atoms with Gasteiger partial charge in [-0.2, -0.15) is 4.98 Å². The van der Waals surface area contributed by atoms with Crippen LogP contribution >= 0.6 is 11.6 Å². The molecule has 0 bridgehead atoms. The molecule has 0 aliphatic carbocycles. The van der Waals surface area contributed by atoms with Crippen LogP contribution in [-0.2, 0) is 0 Å². The molecule has 1 fully saturated rings. The topological polar surface area (TPSA) is 67.1 Å². The van der Waals surface area contributed by atoms with Crippen LogP contribution < -0.4 is 11.1 Å². The Morgan fingerprint density at radius 2 is 2.18 bits per heavy atom. The predicted molar refractivity (Wildman–Crippen MR) is 70.2 cm³/mol. The zero-order chi connectivity index (χ0) is 12.3. The van der Waals surface area contributed by atoms with Gasteiger partial charge in [0.2, 0.25) is 5.95 Å². The molecule has 17 heavy (non-hydrogen) atoms. The maximum absolute atomic E-state index is 5.82. The summed E-state index contributed by atoms with van der Waals surface area (Å²) >= 11 is 5.82. The van der Waals surface area contributed by atoms with Crippen LogP contribution in [0.5, 0.6) is 0 Å². The molecule has 1 unspecified atom stereocenters. The Kier molecular flexibility index (Phi) is 4.02. The van der Waals surface area contributed by atoms with Crippen LogP contribution in [0.2, 0.25) is 5.15 Å². The number of nitrogens with one attached hydrogen (secondary N) is 1. The lowest BCUT2D eigenvalue weighted by atomic mass is 10.3. The van der Waals surface area contributed by atoms with Gasteiger partial charge in [0.05, 0.1) is 0 Å². The minimum absolute atomic E-state index is 0.202. The summed E-state index contributed by atoms with van der Waals surface area (Å²) < 4.78 is 0. The van der Waals surface area contributed by atoms with Crippen LogP contribution in [0.4, 0.5) is 11.8 Å². The van der Waals surface area contributed by atoms with Crippen molar-refractivity contribution in [1.29, 1.82) is 0 Å². The van der Waals surface area contributed by atoms with E-state index in [-0.39, 0.29) is 5.95 Å². The van der Waals surface area contributed by atoms with Crippen LogP contribution in [0.15, 0.2) is 6.07 Å². The van der Waals surface area contributed by atoms with E-state index in [9.17, 15) is 0 Å². The van der Waals surface area contributed by atoms with Gasteiger partial charge in [-0.15, -0.1) is 0 Å². The van der Waals surface area contributed by atoms with E-state index in [1.165, 1.54) is 25.9 Å². The largest absolute Gasteiger partial charge is 0.368 e. The Balaban J connectivity index is 1.90. The molecule has 1 aliphatic heterocycles. The van der Waals surface area contributed by atoms with E-state index in [4.69, 9.17) is 17.3 Å². The smallest absolute Gasteiger partial charge is 0.223 e. The van der Waals surface area contributed by atoms with E-state index < -0.39 is 0 Å². The second kappa shape index (κ2) is 5.51. The Bertz CT molecular complexity index is 358.